The second-order valence-corrected chi connectivity index (χ2v) is 8.97. The summed E-state index contributed by atoms with van der Waals surface area (Å²) in [6, 6.07) is 6.68. The fourth-order valence-corrected chi connectivity index (χ4v) is 5.10. The van der Waals surface area contributed by atoms with E-state index >= 15 is 0 Å². The molecule has 0 aliphatic carbocycles. The summed E-state index contributed by atoms with van der Waals surface area (Å²) in [5, 5.41) is 0. The van der Waals surface area contributed by atoms with Crippen LogP contribution in [0.25, 0.3) is 0 Å². The molecule has 2 aromatic rings. The predicted molar refractivity (Wildman–Crippen MR) is 121 cm³/mol. The molecule has 1 amide bonds. The predicted octanol–water partition coefficient (Wildman–Crippen LogP) is 4.75. The van der Waals surface area contributed by atoms with Crippen LogP contribution in [-0.2, 0) is 10.9 Å². The van der Waals surface area contributed by atoms with Crippen molar-refractivity contribution < 1.29 is 27.4 Å². The Hall–Kier alpha value is -2.65. The standard InChI is InChI=1S/C25H30F3N3O3/c1-16-17(2)22(34-15-33-3)9-8-20(16)21-6-4-5-19-14-30(11-12-31(19)21)24(32)18-7-10-23(29-13-18)25(26,27)28/h7-10,13,19,21H,4-6,11-12,14-15H2,1-3H3/t19?,21-/m1/s1. The Kier molecular flexibility index (Phi) is 7.14. The van der Waals surface area contributed by atoms with Crippen LogP contribution in [0.15, 0.2) is 30.5 Å². The maximum atomic E-state index is 13.0. The molecule has 4 rings (SSSR count). The minimum atomic E-state index is -4.52. The van der Waals surface area contributed by atoms with Crippen molar-refractivity contribution in [2.24, 2.45) is 0 Å². The average molecular weight is 478 g/mol. The van der Waals surface area contributed by atoms with Gasteiger partial charge in [-0.2, -0.15) is 13.2 Å². The van der Waals surface area contributed by atoms with Crippen LogP contribution in [0.5, 0.6) is 5.75 Å². The summed E-state index contributed by atoms with van der Waals surface area (Å²) >= 11 is 0. The van der Waals surface area contributed by atoms with Gasteiger partial charge in [0.1, 0.15) is 11.4 Å². The van der Waals surface area contributed by atoms with E-state index in [1.54, 1.807) is 12.0 Å². The molecular formula is C25H30F3N3O3. The van der Waals surface area contributed by atoms with Gasteiger partial charge in [-0.25, -0.2) is 0 Å². The molecule has 0 saturated carbocycles. The smallest absolute Gasteiger partial charge is 0.433 e. The number of amides is 1. The van der Waals surface area contributed by atoms with Crippen LogP contribution in [0.4, 0.5) is 13.2 Å². The molecule has 184 valence electrons. The Morgan fingerprint density at radius 2 is 1.91 bits per heavy atom. The fourth-order valence-electron chi connectivity index (χ4n) is 5.10. The highest BCUT2D eigenvalue weighted by atomic mass is 19.4. The van der Waals surface area contributed by atoms with Gasteiger partial charge in [0.25, 0.3) is 5.91 Å². The number of halogens is 3. The number of rotatable bonds is 5. The summed E-state index contributed by atoms with van der Waals surface area (Å²) in [5.41, 5.74) is 2.77. The number of benzene rings is 1. The molecule has 1 unspecified atom stereocenters. The number of carbonyl (C=O) groups is 1. The van der Waals surface area contributed by atoms with Gasteiger partial charge in [0, 0.05) is 45.0 Å². The molecule has 1 aromatic heterocycles. The minimum Gasteiger partial charge on any atom is -0.467 e. The summed E-state index contributed by atoms with van der Waals surface area (Å²) in [6.07, 6.45) is -0.407. The van der Waals surface area contributed by atoms with E-state index in [9.17, 15) is 18.0 Å². The Bertz CT molecular complexity index is 1030. The van der Waals surface area contributed by atoms with Crippen molar-refractivity contribution in [2.45, 2.75) is 51.4 Å². The van der Waals surface area contributed by atoms with Gasteiger partial charge in [0.2, 0.25) is 0 Å². The number of hydrogen-bond acceptors (Lipinski definition) is 5. The lowest BCUT2D eigenvalue weighted by molar-refractivity contribution is -0.141. The van der Waals surface area contributed by atoms with E-state index in [0.717, 1.165) is 49.4 Å². The van der Waals surface area contributed by atoms with Gasteiger partial charge >= 0.3 is 6.18 Å². The van der Waals surface area contributed by atoms with Gasteiger partial charge in [-0.3, -0.25) is 14.7 Å². The molecule has 6 nitrogen and oxygen atoms in total. The third-order valence-corrected chi connectivity index (χ3v) is 7.00. The summed E-state index contributed by atoms with van der Waals surface area (Å²) < 4.78 is 49.1. The largest absolute Gasteiger partial charge is 0.467 e. The van der Waals surface area contributed by atoms with Gasteiger partial charge in [-0.15, -0.1) is 0 Å². The SMILES string of the molecule is COCOc1ccc([C@H]2CCCC3CN(C(=O)c4ccc(C(F)(F)F)nc4)CCN32)c(C)c1C. The van der Waals surface area contributed by atoms with E-state index in [1.165, 1.54) is 17.2 Å². The van der Waals surface area contributed by atoms with Crippen molar-refractivity contribution in [1.82, 2.24) is 14.8 Å². The second-order valence-electron chi connectivity index (χ2n) is 8.97. The van der Waals surface area contributed by atoms with Gasteiger partial charge < -0.3 is 14.4 Å². The molecule has 0 N–H and O–H groups in total. The first kappa shape index (κ1) is 24.5. The molecule has 2 aliphatic heterocycles. The Labute approximate surface area is 197 Å². The topological polar surface area (TPSA) is 54.9 Å². The quantitative estimate of drug-likeness (QED) is 0.582. The highest BCUT2D eigenvalue weighted by Crippen LogP contribution is 2.39. The number of nitrogens with zero attached hydrogens (tertiary/aromatic N) is 3. The average Bonchev–Trinajstić information content (AvgIpc) is 2.83. The molecule has 2 fully saturated rings. The van der Waals surface area contributed by atoms with Crippen LogP contribution in [0.3, 0.4) is 0 Å². The maximum absolute atomic E-state index is 13.0. The molecule has 2 saturated heterocycles. The van der Waals surface area contributed by atoms with Crippen LogP contribution < -0.4 is 4.74 Å². The molecular weight excluding hydrogens is 447 g/mol. The normalized spacial score (nSPS) is 21.3. The zero-order chi connectivity index (χ0) is 24.5. The van der Waals surface area contributed by atoms with Crippen molar-refractivity contribution in [3.8, 4) is 5.75 Å². The zero-order valence-corrected chi connectivity index (χ0v) is 19.7. The number of ether oxygens (including phenoxy) is 2. The van der Waals surface area contributed by atoms with Gasteiger partial charge in [-0.1, -0.05) is 6.07 Å². The summed E-state index contributed by atoms with van der Waals surface area (Å²) in [5.74, 6) is 0.547. The van der Waals surface area contributed by atoms with Crippen LogP contribution in [-0.4, -0.2) is 60.3 Å². The van der Waals surface area contributed by atoms with E-state index in [-0.39, 0.29) is 30.3 Å². The van der Waals surface area contributed by atoms with E-state index in [1.807, 2.05) is 6.07 Å². The van der Waals surface area contributed by atoms with Gasteiger partial charge in [0.15, 0.2) is 6.79 Å². The van der Waals surface area contributed by atoms with Gasteiger partial charge in [0.05, 0.1) is 5.56 Å². The Morgan fingerprint density at radius 1 is 1.12 bits per heavy atom. The van der Waals surface area contributed by atoms with Crippen molar-refractivity contribution in [3.05, 3.63) is 58.4 Å². The first-order valence-electron chi connectivity index (χ1n) is 11.5. The van der Waals surface area contributed by atoms with Crippen molar-refractivity contribution in [1.29, 1.82) is 0 Å². The monoisotopic (exact) mass is 477 g/mol. The van der Waals surface area contributed by atoms with E-state index in [4.69, 9.17) is 9.47 Å². The van der Waals surface area contributed by atoms with Crippen molar-refractivity contribution in [3.63, 3.8) is 0 Å². The maximum Gasteiger partial charge on any atom is 0.433 e. The highest BCUT2D eigenvalue weighted by molar-refractivity contribution is 5.94. The lowest BCUT2D eigenvalue weighted by Crippen LogP contribution is -2.57. The number of aromatic nitrogens is 1. The molecule has 0 bridgehead atoms. The number of piperidine rings is 1. The first-order valence-corrected chi connectivity index (χ1v) is 11.5. The van der Waals surface area contributed by atoms with E-state index < -0.39 is 11.9 Å². The molecule has 0 radical (unpaired) electrons. The lowest BCUT2D eigenvalue weighted by atomic mass is 9.86. The van der Waals surface area contributed by atoms with Crippen LogP contribution in [0.1, 0.15) is 58.0 Å². The van der Waals surface area contributed by atoms with Crippen molar-refractivity contribution in [2.75, 3.05) is 33.5 Å². The molecule has 3 heterocycles. The number of alkyl halides is 3. The number of carbonyl (C=O) groups excluding carboxylic acids is 1. The zero-order valence-electron chi connectivity index (χ0n) is 19.7. The van der Waals surface area contributed by atoms with Gasteiger partial charge in [-0.05, 0) is 68.0 Å². The summed E-state index contributed by atoms with van der Waals surface area (Å²) in [4.78, 5) is 20.6. The fraction of sp³-hybridized carbons (Fsp3) is 0.520. The highest BCUT2D eigenvalue weighted by Gasteiger charge is 2.38. The van der Waals surface area contributed by atoms with E-state index in [2.05, 4.69) is 29.8 Å². The lowest BCUT2D eigenvalue weighted by Gasteiger charge is -2.48. The van der Waals surface area contributed by atoms with Crippen molar-refractivity contribution >= 4 is 5.91 Å². The number of hydrogen-bond donors (Lipinski definition) is 0. The minimum absolute atomic E-state index is 0.187. The Morgan fingerprint density at radius 3 is 2.59 bits per heavy atom. The molecule has 1 aromatic carbocycles. The number of methoxy groups -OCH3 is 1. The number of piperazine rings is 1. The third kappa shape index (κ3) is 4.90. The number of pyridine rings is 1. The van der Waals surface area contributed by atoms with Crippen LogP contribution >= 0.6 is 0 Å². The van der Waals surface area contributed by atoms with E-state index in [0.29, 0.717) is 13.1 Å². The molecule has 0 spiro atoms. The molecule has 2 atom stereocenters. The van der Waals surface area contributed by atoms with Crippen LogP contribution in [0.2, 0.25) is 0 Å². The van der Waals surface area contributed by atoms with Crippen LogP contribution in [0, 0.1) is 13.8 Å². The summed E-state index contributed by atoms with van der Waals surface area (Å²) in [7, 11) is 1.59. The molecule has 2 aliphatic rings. The second kappa shape index (κ2) is 9.92. The molecule has 9 heteroatoms. The third-order valence-electron chi connectivity index (χ3n) is 7.00. The summed E-state index contributed by atoms with van der Waals surface area (Å²) in [6.45, 7) is 6.18. The molecule has 34 heavy (non-hydrogen) atoms. The Balaban J connectivity index is 1.47. The first-order chi connectivity index (χ1) is 16.2. The number of fused-ring (bicyclic) bond motifs is 1.